The molecule has 0 saturated heterocycles. The highest BCUT2D eigenvalue weighted by molar-refractivity contribution is 7.96. The summed E-state index contributed by atoms with van der Waals surface area (Å²) in [5, 5.41) is 0. The first-order chi connectivity index (χ1) is 55.2. The standard InChI is InChI=1S/C109H59NS/c1-111-110-61-13-5-12-24-36-28-17-16-27-34-19-7-3-10-22-38-44-37-21-9-2-6-18-33-25-14(29-40-45-49-46-41-31(16)58(27)70(34)63(19)54(7,10)66(22)78(38)84(44)77(37)65(21)53(6,9)62(18)69(33)57(25,29)73(40)80(45)85(49)81(46)74(41,58)94(70)91(63,66)99(78)102(81,94)106(85)101(80)93(69,73)90(62,65)98(77,101)105(84,99)106)15-26-35-20-8-4-11-23-39-51-52(61)88-87(51)79(39)67(23)55(8,11)64(20)71(35)59(26)30(15)42-47-50-48-43-32(17)60(28)72(36)68(24)56(12,13)89(61,88)97(68)96(72)76(43,60)83(48)86(50)82(47)75(42,59)95(71)92(64,67)100(79)103(82,95)107(86)104(83,96)109(88,97)108(87,100)107/h6-52,110H,2-5H2,1H3. The first-order valence-corrected chi connectivity index (χ1v) is 55.8. The molecular formula is C109H59NS. The normalized spacial score (nSPS) is 145. The zero-order chi connectivity index (χ0) is 60.9. The molecule has 0 aromatic heterocycles. The van der Waals surface area contributed by atoms with Crippen molar-refractivity contribution in [2.75, 3.05) is 6.26 Å². The lowest BCUT2D eigenvalue weighted by molar-refractivity contribution is -1.27. The van der Waals surface area contributed by atoms with E-state index in [-0.39, 0.29) is 0 Å². The van der Waals surface area contributed by atoms with Gasteiger partial charge in [-0.25, -0.2) is 0 Å². The predicted molar refractivity (Wildman–Crippen MR) is 349 cm³/mol. The summed E-state index contributed by atoms with van der Waals surface area (Å²) in [5.41, 5.74) is 62.0. The molecular weight excluding hydrogens is 1360 g/mol. The average Bonchev–Trinajstić information content (AvgIpc) is 0.416. The minimum atomic E-state index is 0.690. The fourth-order valence-corrected chi connectivity index (χ4v) is 128. The molecule has 2 heteroatoms. The third-order valence-electron chi connectivity index (χ3n) is 97.9. The lowest BCUT2D eigenvalue weighted by Crippen LogP contribution is -3.71. The lowest BCUT2D eigenvalue weighted by atomic mass is 8.31. The van der Waals surface area contributed by atoms with Gasteiger partial charge in [0.15, 0.2) is 0 Å². The quantitative estimate of drug-likeness (QED) is 0.279. The van der Waals surface area contributed by atoms with Gasteiger partial charge >= 0.3 is 0 Å². The van der Waals surface area contributed by atoms with Crippen molar-refractivity contribution in [1.82, 2.24) is 4.72 Å². The van der Waals surface area contributed by atoms with Crippen LogP contribution in [-0.2, 0) is 0 Å². The van der Waals surface area contributed by atoms with E-state index in [1.165, 1.54) is 278 Å². The number of fused-ring (bicyclic) bond motifs is 30. The molecule has 56 spiro atoms. The lowest BCUT2D eigenvalue weighted by Gasteiger charge is -3.71. The van der Waals surface area contributed by atoms with Gasteiger partial charge in [0.1, 0.15) is 0 Å². The molecule has 104 unspecified atom stereocenters. The molecule has 81 aliphatic rings. The van der Waals surface area contributed by atoms with E-state index in [2.05, 4.69) is 18.2 Å². The number of hydrogen-bond acceptors (Lipinski definition) is 2. The highest BCUT2D eigenvalue weighted by Crippen LogP contribution is 3.82. The van der Waals surface area contributed by atoms with E-state index in [9.17, 15) is 0 Å². The summed E-state index contributed by atoms with van der Waals surface area (Å²) >= 11 is 2.36. The van der Waals surface area contributed by atoms with Crippen molar-refractivity contribution in [1.29, 1.82) is 0 Å². The summed E-state index contributed by atoms with van der Waals surface area (Å²) < 4.78 is 5.15. The van der Waals surface area contributed by atoms with Crippen LogP contribution in [0.15, 0.2) is 0 Å². The second kappa shape index (κ2) is 5.51. The van der Waals surface area contributed by atoms with E-state index in [0.717, 1.165) is 303 Å². The average molecular weight is 1410 g/mol. The first kappa shape index (κ1) is 37.0. The highest BCUT2D eigenvalue weighted by Gasteiger charge is 3.79. The van der Waals surface area contributed by atoms with Crippen LogP contribution in [0.25, 0.3) is 0 Å². The summed E-state index contributed by atoms with van der Waals surface area (Å²) in [6.07, 6.45) is 10.4. The molecule has 506 valence electrons. The van der Waals surface area contributed by atoms with Gasteiger partial charge in [-0.05, 0) is 602 Å². The molecule has 104 atom stereocenters. The van der Waals surface area contributed by atoms with Crippen LogP contribution >= 0.6 is 11.9 Å². The van der Waals surface area contributed by atoms with Crippen molar-refractivity contribution in [2.24, 2.45) is 506 Å². The maximum absolute atomic E-state index is 5.15. The zero-order valence-corrected chi connectivity index (χ0v) is 61.2. The van der Waals surface area contributed by atoms with Crippen LogP contribution in [0.2, 0.25) is 0 Å². The Morgan fingerprint density at radius 1 is 0.171 bits per heavy atom. The Bertz CT molecular complexity index is 8670. The van der Waals surface area contributed by atoms with Crippen molar-refractivity contribution in [3.05, 3.63) is 75.8 Å². The Morgan fingerprint density at radius 2 is 0.369 bits per heavy atom. The van der Waals surface area contributed by atoms with Gasteiger partial charge < -0.3 is 0 Å². The highest BCUT2D eigenvalue weighted by atomic mass is 32.2. The molecule has 0 aliphatic heterocycles. The van der Waals surface area contributed by atoms with E-state index < -0.39 is 0 Å². The van der Waals surface area contributed by atoms with Crippen molar-refractivity contribution in [3.63, 3.8) is 0 Å². The molecule has 0 aromatic rings. The van der Waals surface area contributed by atoms with Gasteiger partial charge in [0.05, 0.1) is 0 Å². The van der Waals surface area contributed by atoms with Crippen LogP contribution in [0.5, 0.6) is 0 Å². The molecule has 1 N–H and O–H groups in total. The molecule has 0 radical (unpaired) electrons. The second-order valence-electron chi connectivity index (χ2n) is 72.1. The van der Waals surface area contributed by atoms with Gasteiger partial charge in [0, 0.05) is 16.4 Å². The van der Waals surface area contributed by atoms with Crippen molar-refractivity contribution < 1.29 is 0 Å². The summed E-state index contributed by atoms with van der Waals surface area (Å²) in [6.45, 7) is 0. The zero-order valence-electron chi connectivity index (χ0n) is 60.4. The van der Waals surface area contributed by atoms with Crippen LogP contribution in [0.4, 0.5) is 0 Å². The number of nitrogens with one attached hydrogen (secondary N) is 1. The Hall–Kier alpha value is 0.310. The van der Waals surface area contributed by atoms with E-state index in [1.54, 1.807) is 0 Å². The summed E-state index contributed by atoms with van der Waals surface area (Å²) in [5.74, 6) is 66.4. The van der Waals surface area contributed by atoms with Crippen molar-refractivity contribution in [3.8, 4) is 0 Å². The molecule has 0 bridgehead atoms. The van der Waals surface area contributed by atoms with Gasteiger partial charge in [0.25, 0.3) is 0 Å². The smallest absolute Gasteiger partial charge is 0.0427 e. The van der Waals surface area contributed by atoms with Crippen LogP contribution in [0, 0.1) is 581 Å². The Kier molecular flexibility index (Phi) is 1.84. The minimum absolute atomic E-state index is 0.690. The van der Waals surface area contributed by atoms with E-state index in [1.807, 2.05) is 25.7 Å². The molecule has 0 amide bonds. The fourth-order valence-electron chi connectivity index (χ4n) is 127. The molecule has 81 saturated carbocycles. The molecule has 1 nitrogen and oxygen atoms in total. The summed E-state index contributed by atoms with van der Waals surface area (Å²) in [6, 6.07) is 0. The number of rotatable bonds is 2. The fraction of sp³-hybridized carbons (Fsp3) is 1.00. The van der Waals surface area contributed by atoms with Gasteiger partial charge in [-0.1, -0.05) is 11.9 Å². The maximum Gasteiger partial charge on any atom is 0.0427 e. The van der Waals surface area contributed by atoms with Crippen LogP contribution < -0.4 is 4.72 Å². The van der Waals surface area contributed by atoms with E-state index >= 15 is 0 Å². The van der Waals surface area contributed by atoms with Crippen molar-refractivity contribution in [2.45, 2.75) is 31.2 Å². The first-order valence-electron chi connectivity index (χ1n) is 54.5. The molecule has 0 aromatic carbocycles. The van der Waals surface area contributed by atoms with E-state index in [0.29, 0.717) is 5.54 Å². The van der Waals surface area contributed by atoms with Gasteiger partial charge in [-0.2, -0.15) is 0 Å². The van der Waals surface area contributed by atoms with Gasteiger partial charge in [-0.15, -0.1) is 0 Å². The topological polar surface area (TPSA) is 12.0 Å². The van der Waals surface area contributed by atoms with Crippen LogP contribution in [0.3, 0.4) is 0 Å². The molecule has 81 aliphatic carbocycles. The third-order valence-corrected chi connectivity index (χ3v) is 98.4. The Morgan fingerprint density at radius 3 is 0.694 bits per heavy atom. The largest absolute Gasteiger partial charge is 0.257 e. The van der Waals surface area contributed by atoms with Crippen LogP contribution in [0.1, 0.15) is 25.7 Å². The van der Waals surface area contributed by atoms with Gasteiger partial charge in [0.2, 0.25) is 0 Å². The molecule has 111 heavy (non-hydrogen) atoms. The third kappa shape index (κ3) is 0.783. The monoisotopic (exact) mass is 1410 g/mol. The minimum Gasteiger partial charge on any atom is -0.257 e. The van der Waals surface area contributed by atoms with Gasteiger partial charge in [-0.3, -0.25) is 4.72 Å². The molecule has 81 fully saturated rings. The molecule has 81 rings (SSSR count). The van der Waals surface area contributed by atoms with Crippen LogP contribution in [-0.4, -0.2) is 11.8 Å². The Labute approximate surface area is 630 Å². The Balaban J connectivity index is 0.502. The predicted octanol–water partition coefficient (Wildman–Crippen LogP) is 8.59. The van der Waals surface area contributed by atoms with E-state index in [4.69, 9.17) is 4.72 Å². The molecule has 0 heterocycles. The SMILES string of the molecule is CSNC12C3CC4C5C6C7C8C9C%10C%11C%12C%13CC%14C%15C%16C%17C%18C%19C%20CC%21C%22C%23C%24C(C%25C%26C%27C%28C%29CC%30C%31C%32C%33C1C1%34C%33%35C%32%33C%31%32C%29%30C%28%29C%27%28C%26%27C%25C%25C%26C%30C%31C%36C8C78C67C56C43C21C61C72C%368C%313C%304C%265C%25%27C%286C%29%32C%337C56C45C32C%341C%3575)C1C2C3C4C5C6C9C%107C%118C%129C%13%14C%15%10C%16%11C%17%12C%18%13C%19%14C%21%20C%22%15C%23%16C%241C21C32C43C54C67C85C9%10C%116C45C34C23C%161C%15%14C%133C%1264. The van der Waals surface area contributed by atoms with Crippen molar-refractivity contribution >= 4 is 11.9 Å². The summed E-state index contributed by atoms with van der Waals surface area (Å²) in [4.78, 5) is 0. The second-order valence-corrected chi connectivity index (χ2v) is 72.7. The number of hydrogen-bond donors (Lipinski definition) is 1. The maximum atomic E-state index is 5.15. The summed E-state index contributed by atoms with van der Waals surface area (Å²) in [7, 11) is 0.